The van der Waals surface area contributed by atoms with Gasteiger partial charge in [0, 0.05) is 16.5 Å². The van der Waals surface area contributed by atoms with Crippen molar-refractivity contribution in [3.05, 3.63) is 59.2 Å². The van der Waals surface area contributed by atoms with E-state index in [2.05, 4.69) is 10.2 Å². The van der Waals surface area contributed by atoms with Gasteiger partial charge in [-0.15, -0.1) is 21.5 Å². The maximum atomic E-state index is 13.1. The number of benzene rings is 2. The highest BCUT2D eigenvalue weighted by Gasteiger charge is 2.18. The first kappa shape index (κ1) is 19.4. The third kappa shape index (κ3) is 3.83. The van der Waals surface area contributed by atoms with Crippen LogP contribution in [0, 0.1) is 5.82 Å². The van der Waals surface area contributed by atoms with Gasteiger partial charge in [0.25, 0.3) is 0 Å². The van der Waals surface area contributed by atoms with Gasteiger partial charge in [-0.05, 0) is 42.5 Å². The lowest BCUT2D eigenvalue weighted by Gasteiger charge is -2.10. The van der Waals surface area contributed by atoms with E-state index in [1.807, 2.05) is 28.0 Å². The molecule has 0 atom stereocenters. The number of rotatable bonds is 7. The average Bonchev–Trinajstić information content (AvgIpc) is 3.34. The van der Waals surface area contributed by atoms with Crippen molar-refractivity contribution in [3.63, 3.8) is 0 Å². The number of carbonyl (C=O) groups excluding carboxylic acids is 1. The van der Waals surface area contributed by atoms with Crippen LogP contribution in [0.3, 0.4) is 0 Å². The van der Waals surface area contributed by atoms with Crippen molar-refractivity contribution in [2.75, 3.05) is 20.0 Å². The van der Waals surface area contributed by atoms with Crippen molar-refractivity contribution >= 4 is 33.8 Å². The molecule has 0 bridgehead atoms. The molecule has 0 aliphatic carbocycles. The van der Waals surface area contributed by atoms with Crippen LogP contribution in [0.2, 0.25) is 0 Å². The molecule has 0 aliphatic heterocycles. The molecule has 6 nitrogen and oxygen atoms in total. The van der Waals surface area contributed by atoms with Crippen molar-refractivity contribution in [2.45, 2.75) is 5.16 Å². The van der Waals surface area contributed by atoms with E-state index in [4.69, 9.17) is 9.47 Å². The second-order valence-corrected chi connectivity index (χ2v) is 7.79. The number of hydrogen-bond donors (Lipinski definition) is 0. The number of aromatic nitrogens is 3. The normalized spacial score (nSPS) is 11.0. The molecule has 2 heterocycles. The number of Topliss-reactive ketones (excluding diaryl/α,β-unsaturated/α-hetero) is 1. The van der Waals surface area contributed by atoms with E-state index in [1.165, 1.54) is 47.4 Å². The second-order valence-electron chi connectivity index (χ2n) is 6.01. The van der Waals surface area contributed by atoms with E-state index in [0.717, 1.165) is 11.3 Å². The summed E-state index contributed by atoms with van der Waals surface area (Å²) in [7, 11) is 3.22. The van der Waals surface area contributed by atoms with Crippen LogP contribution >= 0.6 is 23.1 Å². The highest BCUT2D eigenvalue weighted by molar-refractivity contribution is 7.99. The zero-order valence-corrected chi connectivity index (χ0v) is 17.2. The average molecular weight is 429 g/mol. The van der Waals surface area contributed by atoms with Gasteiger partial charge in [-0.1, -0.05) is 11.8 Å². The summed E-state index contributed by atoms with van der Waals surface area (Å²) in [5.74, 6) is 1.08. The summed E-state index contributed by atoms with van der Waals surface area (Å²) in [5, 5.41) is 11.0. The Bertz CT molecular complexity index is 1170. The number of carbonyl (C=O) groups is 1. The lowest BCUT2D eigenvalue weighted by molar-refractivity contribution is 0.102. The molecule has 2 aromatic carbocycles. The van der Waals surface area contributed by atoms with Crippen molar-refractivity contribution in [3.8, 4) is 22.8 Å². The Kier molecular flexibility index (Phi) is 5.50. The fourth-order valence-corrected chi connectivity index (χ4v) is 4.57. The fourth-order valence-electron chi connectivity index (χ4n) is 2.84. The Labute approximate surface area is 174 Å². The number of nitrogens with zero attached hydrogens (tertiary/aromatic N) is 3. The van der Waals surface area contributed by atoms with Crippen LogP contribution in [0.1, 0.15) is 10.4 Å². The Balaban J connectivity index is 1.65. The smallest absolute Gasteiger partial charge is 0.217 e. The van der Waals surface area contributed by atoms with E-state index < -0.39 is 0 Å². The molecule has 0 unspecified atom stereocenters. The SMILES string of the molecule is COc1ccc(OC)c(-c2csc3nnc(SCC(=O)c4ccc(F)cc4)n23)c1. The van der Waals surface area contributed by atoms with Gasteiger partial charge in [0.1, 0.15) is 17.3 Å². The summed E-state index contributed by atoms with van der Waals surface area (Å²) >= 11 is 2.73. The van der Waals surface area contributed by atoms with Gasteiger partial charge in [0.15, 0.2) is 10.9 Å². The molecular weight excluding hydrogens is 413 g/mol. The standard InChI is InChI=1S/C20H16FN3O3S2/c1-26-14-7-8-18(27-2)15(9-14)16-10-28-19-22-23-20(24(16)19)29-11-17(25)12-3-5-13(21)6-4-12/h3-10H,11H2,1-2H3. The van der Waals surface area contributed by atoms with Crippen LogP contribution < -0.4 is 9.47 Å². The largest absolute Gasteiger partial charge is 0.497 e. The first-order valence-electron chi connectivity index (χ1n) is 8.57. The highest BCUT2D eigenvalue weighted by atomic mass is 32.2. The number of halogens is 1. The monoisotopic (exact) mass is 429 g/mol. The third-order valence-corrected chi connectivity index (χ3v) is 6.05. The summed E-state index contributed by atoms with van der Waals surface area (Å²) in [6.45, 7) is 0. The zero-order valence-electron chi connectivity index (χ0n) is 15.6. The van der Waals surface area contributed by atoms with E-state index in [0.29, 0.717) is 27.2 Å². The molecule has 0 saturated heterocycles. The molecule has 148 valence electrons. The summed E-state index contributed by atoms with van der Waals surface area (Å²) in [6.07, 6.45) is 0. The molecule has 0 radical (unpaired) electrons. The summed E-state index contributed by atoms with van der Waals surface area (Å²) in [6, 6.07) is 11.1. The molecule has 0 fully saturated rings. The van der Waals surface area contributed by atoms with Gasteiger partial charge in [-0.25, -0.2) is 4.39 Å². The topological polar surface area (TPSA) is 65.7 Å². The second kappa shape index (κ2) is 8.22. The minimum absolute atomic E-state index is 0.109. The van der Waals surface area contributed by atoms with Crippen LogP contribution in [-0.2, 0) is 0 Å². The van der Waals surface area contributed by atoms with Crippen molar-refractivity contribution < 1.29 is 18.7 Å². The number of thioether (sulfide) groups is 1. The maximum Gasteiger partial charge on any atom is 0.217 e. The predicted molar refractivity (Wildman–Crippen MR) is 111 cm³/mol. The molecule has 29 heavy (non-hydrogen) atoms. The van der Waals surface area contributed by atoms with Crippen LogP contribution in [-0.4, -0.2) is 40.4 Å². The van der Waals surface area contributed by atoms with E-state index in [9.17, 15) is 9.18 Å². The fraction of sp³-hybridized carbons (Fsp3) is 0.150. The number of methoxy groups -OCH3 is 2. The molecule has 0 amide bonds. The number of hydrogen-bond acceptors (Lipinski definition) is 7. The Morgan fingerprint density at radius 1 is 1.14 bits per heavy atom. The van der Waals surface area contributed by atoms with Gasteiger partial charge in [0.05, 0.1) is 25.7 Å². The molecule has 0 saturated carbocycles. The lowest BCUT2D eigenvalue weighted by atomic mass is 10.1. The van der Waals surface area contributed by atoms with Crippen LogP contribution in [0.15, 0.2) is 53.0 Å². The highest BCUT2D eigenvalue weighted by Crippen LogP contribution is 2.37. The van der Waals surface area contributed by atoms with Gasteiger partial charge >= 0.3 is 0 Å². The third-order valence-electron chi connectivity index (χ3n) is 4.30. The maximum absolute atomic E-state index is 13.1. The summed E-state index contributed by atoms with van der Waals surface area (Å²) in [5.41, 5.74) is 2.15. The minimum Gasteiger partial charge on any atom is -0.497 e. The Morgan fingerprint density at radius 2 is 1.93 bits per heavy atom. The zero-order chi connectivity index (χ0) is 20.4. The number of ether oxygens (including phenoxy) is 2. The molecule has 0 spiro atoms. The van der Waals surface area contributed by atoms with Crippen LogP contribution in [0.25, 0.3) is 16.2 Å². The quantitative estimate of drug-likeness (QED) is 0.316. The lowest BCUT2D eigenvalue weighted by Crippen LogP contribution is -2.03. The van der Waals surface area contributed by atoms with Crippen molar-refractivity contribution in [1.82, 2.24) is 14.6 Å². The molecule has 4 rings (SSSR count). The van der Waals surface area contributed by atoms with Gasteiger partial charge in [0.2, 0.25) is 4.96 Å². The predicted octanol–water partition coefficient (Wildman–Crippen LogP) is 4.59. The molecule has 2 aromatic heterocycles. The Morgan fingerprint density at radius 3 is 2.66 bits per heavy atom. The van der Waals surface area contributed by atoms with Crippen LogP contribution in [0.4, 0.5) is 4.39 Å². The first-order chi connectivity index (χ1) is 14.1. The minimum atomic E-state index is -0.372. The Hall–Kier alpha value is -2.91. The number of thiazole rings is 1. The van der Waals surface area contributed by atoms with Gasteiger partial charge < -0.3 is 9.47 Å². The van der Waals surface area contributed by atoms with Crippen molar-refractivity contribution in [2.24, 2.45) is 0 Å². The first-order valence-corrected chi connectivity index (χ1v) is 10.4. The summed E-state index contributed by atoms with van der Waals surface area (Å²) in [4.78, 5) is 13.1. The molecule has 0 N–H and O–H groups in total. The number of fused-ring (bicyclic) bond motifs is 1. The van der Waals surface area contributed by atoms with Gasteiger partial charge in [-0.3, -0.25) is 9.20 Å². The number of ketones is 1. The molecule has 4 aromatic rings. The summed E-state index contributed by atoms with van der Waals surface area (Å²) < 4.78 is 25.8. The molecular formula is C20H16FN3O3S2. The van der Waals surface area contributed by atoms with Crippen molar-refractivity contribution in [1.29, 1.82) is 0 Å². The van der Waals surface area contributed by atoms with Crippen LogP contribution in [0.5, 0.6) is 11.5 Å². The molecule has 9 heteroatoms. The van der Waals surface area contributed by atoms with E-state index in [-0.39, 0.29) is 17.4 Å². The van der Waals surface area contributed by atoms with E-state index in [1.54, 1.807) is 14.2 Å². The molecule has 0 aliphatic rings. The van der Waals surface area contributed by atoms with E-state index >= 15 is 0 Å². The van der Waals surface area contributed by atoms with Gasteiger partial charge in [-0.2, -0.15) is 0 Å².